The molecule has 0 aliphatic carbocycles. The number of nitrogens with zero attached hydrogens (tertiary/aromatic N) is 1. The molecule has 1 aromatic carbocycles. The van der Waals surface area contributed by atoms with Gasteiger partial charge in [0.25, 0.3) is 0 Å². The molecule has 0 spiro atoms. The zero-order valence-electron chi connectivity index (χ0n) is 16.0. The molecule has 0 radical (unpaired) electrons. The van der Waals surface area contributed by atoms with E-state index in [1.165, 1.54) is 5.56 Å². The van der Waals surface area contributed by atoms with Crippen LogP contribution < -0.4 is 11.1 Å². The van der Waals surface area contributed by atoms with E-state index in [2.05, 4.69) is 55.4 Å². The first-order chi connectivity index (χ1) is 11.5. The molecule has 2 rings (SSSR count). The maximum Gasteiger partial charge on any atom is 0.227 e. The summed E-state index contributed by atoms with van der Waals surface area (Å²) >= 11 is 0. The van der Waals surface area contributed by atoms with Crippen molar-refractivity contribution in [2.75, 3.05) is 26.8 Å². The third kappa shape index (κ3) is 6.71. The van der Waals surface area contributed by atoms with Crippen molar-refractivity contribution < 1.29 is 9.53 Å². The second-order valence-corrected chi connectivity index (χ2v) is 7.11. The van der Waals surface area contributed by atoms with Crippen molar-refractivity contribution in [2.24, 2.45) is 11.1 Å². The first-order valence-corrected chi connectivity index (χ1v) is 8.81. The van der Waals surface area contributed by atoms with E-state index in [0.717, 1.165) is 12.1 Å². The van der Waals surface area contributed by atoms with Crippen LogP contribution in [0.5, 0.6) is 0 Å². The van der Waals surface area contributed by atoms with Crippen LogP contribution in [0.25, 0.3) is 0 Å². The number of carbonyl (C=O) groups excluding carboxylic acids is 1. The van der Waals surface area contributed by atoms with E-state index in [9.17, 15) is 4.79 Å². The van der Waals surface area contributed by atoms with Crippen LogP contribution in [0.1, 0.15) is 37.8 Å². The molecule has 3 N–H and O–H groups in total. The number of hydrogen-bond acceptors (Lipinski definition) is 4. The Kier molecular flexibility index (Phi) is 11.4. The summed E-state index contributed by atoms with van der Waals surface area (Å²) in [5.41, 5.74) is 7.81. The van der Waals surface area contributed by atoms with Gasteiger partial charge in [-0.25, -0.2) is 0 Å². The smallest absolute Gasteiger partial charge is 0.227 e. The van der Waals surface area contributed by atoms with E-state index >= 15 is 0 Å². The van der Waals surface area contributed by atoms with Crippen LogP contribution in [0.2, 0.25) is 0 Å². The second-order valence-electron chi connectivity index (χ2n) is 7.11. The Labute approximate surface area is 169 Å². The van der Waals surface area contributed by atoms with E-state index < -0.39 is 5.41 Å². The Morgan fingerprint density at radius 2 is 1.88 bits per heavy atom. The number of hydrogen-bond donors (Lipinski definition) is 2. The Balaban J connectivity index is 0.00000312. The molecule has 7 heteroatoms. The highest BCUT2D eigenvalue weighted by molar-refractivity contribution is 5.85. The summed E-state index contributed by atoms with van der Waals surface area (Å²) in [4.78, 5) is 14.9. The summed E-state index contributed by atoms with van der Waals surface area (Å²) in [5, 5.41) is 3.08. The Bertz CT molecular complexity index is 549. The molecule has 1 aliphatic heterocycles. The first kappa shape index (κ1) is 25.1. The monoisotopic (exact) mass is 405 g/mol. The van der Waals surface area contributed by atoms with Gasteiger partial charge in [0, 0.05) is 38.9 Å². The van der Waals surface area contributed by atoms with E-state index in [1.807, 2.05) is 0 Å². The van der Waals surface area contributed by atoms with Gasteiger partial charge < -0.3 is 15.8 Å². The van der Waals surface area contributed by atoms with Gasteiger partial charge in [-0.15, -0.1) is 24.8 Å². The minimum Gasteiger partial charge on any atom is -0.381 e. The largest absolute Gasteiger partial charge is 0.381 e. The highest BCUT2D eigenvalue weighted by Crippen LogP contribution is 2.29. The van der Waals surface area contributed by atoms with Gasteiger partial charge in [0.1, 0.15) is 0 Å². The fourth-order valence-electron chi connectivity index (χ4n) is 2.96. The number of nitrogens with two attached hydrogens (primary N) is 1. The topological polar surface area (TPSA) is 67.6 Å². The minimum absolute atomic E-state index is 0. The molecule has 0 atom stereocenters. The van der Waals surface area contributed by atoms with Crippen molar-refractivity contribution >= 4 is 30.7 Å². The van der Waals surface area contributed by atoms with Crippen molar-refractivity contribution in [2.45, 2.75) is 45.8 Å². The van der Waals surface area contributed by atoms with Crippen molar-refractivity contribution in [3.63, 3.8) is 0 Å². The van der Waals surface area contributed by atoms with Gasteiger partial charge in [0.2, 0.25) is 5.91 Å². The summed E-state index contributed by atoms with van der Waals surface area (Å²) in [5.74, 6) is 0.0537. The molecular formula is C19H33Cl2N3O2. The Morgan fingerprint density at radius 1 is 1.27 bits per heavy atom. The molecule has 1 heterocycles. The van der Waals surface area contributed by atoms with E-state index in [1.54, 1.807) is 0 Å². The van der Waals surface area contributed by atoms with Gasteiger partial charge in [-0.1, -0.05) is 24.3 Å². The summed E-state index contributed by atoms with van der Waals surface area (Å²) in [6.45, 7) is 7.42. The number of ether oxygens (including phenoxy) is 1. The molecule has 0 saturated carbocycles. The molecule has 0 aromatic heterocycles. The predicted octanol–water partition coefficient (Wildman–Crippen LogP) is 2.74. The lowest BCUT2D eigenvalue weighted by atomic mass is 9.79. The maximum atomic E-state index is 12.6. The summed E-state index contributed by atoms with van der Waals surface area (Å²) < 4.78 is 5.37. The molecule has 1 saturated heterocycles. The fraction of sp³-hybridized carbons (Fsp3) is 0.632. The minimum atomic E-state index is -0.465. The fourth-order valence-corrected chi connectivity index (χ4v) is 2.96. The second kappa shape index (κ2) is 11.8. The number of carbonyl (C=O) groups is 1. The molecule has 1 fully saturated rings. The molecular weight excluding hydrogens is 373 g/mol. The van der Waals surface area contributed by atoms with Crippen LogP contribution in [0, 0.1) is 5.41 Å². The molecule has 1 aromatic rings. The van der Waals surface area contributed by atoms with Gasteiger partial charge in [-0.2, -0.15) is 0 Å². The van der Waals surface area contributed by atoms with Crippen LogP contribution >= 0.6 is 24.8 Å². The number of nitrogens with one attached hydrogen (secondary N) is 1. The summed E-state index contributed by atoms with van der Waals surface area (Å²) in [6.07, 6.45) is 1.41. The van der Waals surface area contributed by atoms with Crippen LogP contribution in [-0.2, 0) is 22.6 Å². The van der Waals surface area contributed by atoms with E-state index in [-0.39, 0.29) is 30.7 Å². The number of halogens is 2. The van der Waals surface area contributed by atoms with Crippen molar-refractivity contribution in [1.82, 2.24) is 10.2 Å². The molecule has 26 heavy (non-hydrogen) atoms. The lowest BCUT2D eigenvalue weighted by Crippen LogP contribution is -2.48. The predicted molar refractivity (Wildman–Crippen MR) is 111 cm³/mol. The quantitative estimate of drug-likeness (QED) is 0.731. The molecule has 1 amide bonds. The third-order valence-electron chi connectivity index (χ3n) is 5.08. The number of rotatable bonds is 7. The lowest BCUT2D eigenvalue weighted by Gasteiger charge is -2.34. The normalized spacial score (nSPS) is 15.9. The Morgan fingerprint density at radius 3 is 2.46 bits per heavy atom. The molecule has 150 valence electrons. The maximum absolute atomic E-state index is 12.6. The van der Waals surface area contributed by atoms with Crippen molar-refractivity contribution in [3.8, 4) is 0 Å². The zero-order valence-corrected chi connectivity index (χ0v) is 17.6. The number of benzene rings is 1. The van der Waals surface area contributed by atoms with Crippen LogP contribution in [0.3, 0.4) is 0 Å². The van der Waals surface area contributed by atoms with E-state index in [4.69, 9.17) is 10.5 Å². The van der Waals surface area contributed by atoms with Crippen molar-refractivity contribution in [3.05, 3.63) is 35.4 Å². The van der Waals surface area contributed by atoms with Crippen LogP contribution in [0.4, 0.5) is 0 Å². The first-order valence-electron chi connectivity index (χ1n) is 8.81. The number of amides is 1. The third-order valence-corrected chi connectivity index (χ3v) is 5.08. The highest BCUT2D eigenvalue weighted by Gasteiger charge is 2.38. The van der Waals surface area contributed by atoms with Crippen LogP contribution in [-0.4, -0.2) is 43.7 Å². The average Bonchev–Trinajstić information content (AvgIpc) is 2.60. The SMILES string of the molecule is CC(C)N(C)Cc1cccc(CNC(=O)C2(CN)CCOCC2)c1.Cl.Cl. The van der Waals surface area contributed by atoms with Crippen molar-refractivity contribution in [1.29, 1.82) is 0 Å². The highest BCUT2D eigenvalue weighted by atomic mass is 35.5. The summed E-state index contributed by atoms with van der Waals surface area (Å²) in [6, 6.07) is 8.91. The average molecular weight is 406 g/mol. The summed E-state index contributed by atoms with van der Waals surface area (Å²) in [7, 11) is 2.12. The molecule has 5 nitrogen and oxygen atoms in total. The van der Waals surface area contributed by atoms with Gasteiger partial charge in [-0.3, -0.25) is 9.69 Å². The zero-order chi connectivity index (χ0) is 17.6. The Hall–Kier alpha value is -0.850. The molecule has 0 bridgehead atoms. The van der Waals surface area contributed by atoms with Gasteiger partial charge in [0.15, 0.2) is 0 Å². The lowest BCUT2D eigenvalue weighted by molar-refractivity contribution is -0.136. The standard InChI is InChI=1S/C19H31N3O2.2ClH/c1-15(2)22(3)13-17-6-4-5-16(11-17)12-21-18(23)19(14-20)7-9-24-10-8-19;;/h4-6,11,15H,7-10,12-14,20H2,1-3H3,(H,21,23);2*1H. The van der Waals surface area contributed by atoms with Crippen LogP contribution in [0.15, 0.2) is 24.3 Å². The molecule has 0 unspecified atom stereocenters. The van der Waals surface area contributed by atoms with Gasteiger partial charge in [0.05, 0.1) is 5.41 Å². The van der Waals surface area contributed by atoms with Gasteiger partial charge >= 0.3 is 0 Å². The molecule has 1 aliphatic rings. The van der Waals surface area contributed by atoms with E-state index in [0.29, 0.717) is 45.2 Å². The van der Waals surface area contributed by atoms with Gasteiger partial charge in [-0.05, 0) is 44.9 Å².